The molecule has 6 heteroatoms. The summed E-state index contributed by atoms with van der Waals surface area (Å²) in [5.74, 6) is -1.31. The number of aryl methyl sites for hydroxylation is 3. The fourth-order valence-electron chi connectivity index (χ4n) is 4.48. The second-order valence-corrected chi connectivity index (χ2v) is 9.72. The van der Waals surface area contributed by atoms with Crippen LogP contribution in [0.5, 0.6) is 0 Å². The van der Waals surface area contributed by atoms with Gasteiger partial charge in [-0.3, -0.25) is 0 Å². The van der Waals surface area contributed by atoms with Crippen molar-refractivity contribution in [1.29, 1.82) is 0 Å². The predicted molar refractivity (Wildman–Crippen MR) is 115 cm³/mol. The van der Waals surface area contributed by atoms with Crippen LogP contribution in [0.4, 0.5) is 0 Å². The molecule has 2 aromatic heterocycles. The number of pyridine rings is 1. The van der Waals surface area contributed by atoms with Crippen LogP contribution in [0.3, 0.4) is 0 Å². The van der Waals surface area contributed by atoms with Gasteiger partial charge in [0.1, 0.15) is 4.83 Å². The highest BCUT2D eigenvalue weighted by Crippen LogP contribution is 2.47. The molecular weight excluding hydrogens is 406 g/mol. The maximum Gasteiger partial charge on any atom is 0.342 e. The van der Waals surface area contributed by atoms with E-state index in [0.717, 1.165) is 45.4 Å². The third-order valence-corrected chi connectivity index (χ3v) is 7.13. The van der Waals surface area contributed by atoms with E-state index in [1.54, 1.807) is 25.2 Å². The number of fused-ring (bicyclic) bond motifs is 3. The lowest BCUT2D eigenvalue weighted by Gasteiger charge is -2.20. The zero-order valence-electron chi connectivity index (χ0n) is 16.7. The maximum absolute atomic E-state index is 12.7. The molecule has 0 radical (unpaired) electrons. The first kappa shape index (κ1) is 19.0. The topological polar surface area (TPSA) is 48.4 Å². The fourth-order valence-corrected chi connectivity index (χ4v) is 5.92. The Bertz CT molecular complexity index is 1130. The second kappa shape index (κ2) is 6.79. The third-order valence-electron chi connectivity index (χ3n) is 5.69. The number of rotatable bonds is 2. The smallest absolute Gasteiger partial charge is 0.342 e. The Morgan fingerprint density at radius 1 is 1.17 bits per heavy atom. The van der Waals surface area contributed by atoms with Gasteiger partial charge < -0.3 is 9.47 Å². The molecule has 1 aliphatic heterocycles. The molecule has 1 unspecified atom stereocenters. The lowest BCUT2D eigenvalue weighted by atomic mass is 9.88. The average Bonchev–Trinajstić information content (AvgIpc) is 3.16. The molecule has 150 valence electrons. The van der Waals surface area contributed by atoms with E-state index in [9.17, 15) is 4.79 Å². The fraction of sp³-hybridized carbons (Fsp3) is 0.391. The summed E-state index contributed by atoms with van der Waals surface area (Å²) in [4.78, 5) is 20.1. The van der Waals surface area contributed by atoms with Crippen molar-refractivity contribution in [2.24, 2.45) is 0 Å². The van der Waals surface area contributed by atoms with Gasteiger partial charge in [0.15, 0.2) is 6.10 Å². The van der Waals surface area contributed by atoms with Gasteiger partial charge in [-0.1, -0.05) is 23.7 Å². The second-order valence-electron chi connectivity index (χ2n) is 8.20. The van der Waals surface area contributed by atoms with Crippen molar-refractivity contribution in [2.75, 3.05) is 0 Å². The van der Waals surface area contributed by atoms with Crippen molar-refractivity contribution in [1.82, 2.24) is 4.98 Å². The van der Waals surface area contributed by atoms with Crippen LogP contribution in [-0.4, -0.2) is 16.7 Å². The number of carbonyl (C=O) groups is 1. The van der Waals surface area contributed by atoms with E-state index in [0.29, 0.717) is 5.02 Å². The standard InChI is InChI=1S/C23H22ClNO3S/c1-12-17(20-22(26)28-23(2,3)27-20)18(13-8-10-14(24)11-9-13)19-15-6-4-5-7-16(15)29-21(19)25-12/h8-11,20H,4-7H2,1-3H3. The highest BCUT2D eigenvalue weighted by atomic mass is 35.5. The first-order chi connectivity index (χ1) is 13.8. The number of carbonyl (C=O) groups excluding carboxylic acids is 1. The van der Waals surface area contributed by atoms with E-state index in [2.05, 4.69) is 0 Å². The Morgan fingerprint density at radius 2 is 1.90 bits per heavy atom. The molecule has 1 fully saturated rings. The zero-order valence-corrected chi connectivity index (χ0v) is 18.2. The quantitative estimate of drug-likeness (QED) is 0.460. The Morgan fingerprint density at radius 3 is 2.59 bits per heavy atom. The van der Waals surface area contributed by atoms with Gasteiger partial charge in [0.05, 0.1) is 0 Å². The molecule has 2 aliphatic rings. The predicted octanol–water partition coefficient (Wildman–Crippen LogP) is 6.15. The number of ether oxygens (including phenoxy) is 2. The summed E-state index contributed by atoms with van der Waals surface area (Å²) < 4.78 is 11.5. The van der Waals surface area contributed by atoms with E-state index < -0.39 is 11.9 Å². The number of benzene rings is 1. The van der Waals surface area contributed by atoms with Crippen LogP contribution in [-0.2, 0) is 27.1 Å². The summed E-state index contributed by atoms with van der Waals surface area (Å²) in [6.07, 6.45) is 3.75. The molecule has 0 N–H and O–H groups in total. The Labute approximate surface area is 178 Å². The lowest BCUT2D eigenvalue weighted by molar-refractivity contribution is -0.160. The lowest BCUT2D eigenvalue weighted by Crippen LogP contribution is -2.20. The monoisotopic (exact) mass is 427 g/mol. The van der Waals surface area contributed by atoms with Gasteiger partial charge in [-0.25, -0.2) is 9.78 Å². The van der Waals surface area contributed by atoms with Crippen molar-refractivity contribution < 1.29 is 14.3 Å². The van der Waals surface area contributed by atoms with Gasteiger partial charge in [0.2, 0.25) is 5.79 Å². The van der Waals surface area contributed by atoms with Crippen LogP contribution in [0.25, 0.3) is 21.3 Å². The first-order valence-corrected chi connectivity index (χ1v) is 11.1. The number of esters is 1. The van der Waals surface area contributed by atoms with E-state index in [1.807, 2.05) is 31.2 Å². The van der Waals surface area contributed by atoms with Crippen LogP contribution in [0.15, 0.2) is 24.3 Å². The van der Waals surface area contributed by atoms with Crippen LogP contribution in [0, 0.1) is 6.92 Å². The number of hydrogen-bond donors (Lipinski definition) is 0. The Kier molecular flexibility index (Phi) is 4.46. The highest BCUT2D eigenvalue weighted by Gasteiger charge is 2.44. The molecule has 1 saturated heterocycles. The minimum atomic E-state index is -0.950. The maximum atomic E-state index is 12.7. The molecule has 0 bridgehead atoms. The molecular formula is C23H22ClNO3S. The molecule has 1 aliphatic carbocycles. The molecule has 4 nitrogen and oxygen atoms in total. The molecule has 0 spiro atoms. The molecule has 0 saturated carbocycles. The minimum absolute atomic E-state index is 0.362. The van der Waals surface area contributed by atoms with Gasteiger partial charge in [0, 0.05) is 46.0 Å². The van der Waals surface area contributed by atoms with Crippen LogP contribution in [0.1, 0.15) is 54.5 Å². The summed E-state index contributed by atoms with van der Waals surface area (Å²) in [7, 11) is 0. The van der Waals surface area contributed by atoms with Gasteiger partial charge in [-0.2, -0.15) is 0 Å². The van der Waals surface area contributed by atoms with Crippen molar-refractivity contribution in [3.05, 3.63) is 51.0 Å². The average molecular weight is 428 g/mol. The SMILES string of the molecule is Cc1nc2sc3c(c2c(-c2ccc(Cl)cc2)c1C1OC(C)(C)OC1=O)CCCC3. The summed E-state index contributed by atoms with van der Waals surface area (Å²) in [6, 6.07) is 7.80. The number of thiophene rings is 1. The van der Waals surface area contributed by atoms with E-state index in [1.165, 1.54) is 23.3 Å². The summed E-state index contributed by atoms with van der Waals surface area (Å²) >= 11 is 7.94. The molecule has 29 heavy (non-hydrogen) atoms. The summed E-state index contributed by atoms with van der Waals surface area (Å²) in [6.45, 7) is 5.48. The molecule has 1 aromatic carbocycles. The molecule has 3 heterocycles. The van der Waals surface area contributed by atoms with E-state index in [4.69, 9.17) is 26.1 Å². The molecule has 3 aromatic rings. The van der Waals surface area contributed by atoms with Crippen LogP contribution in [0.2, 0.25) is 5.02 Å². The number of nitrogens with zero attached hydrogens (tertiary/aromatic N) is 1. The largest absolute Gasteiger partial charge is 0.431 e. The summed E-state index contributed by atoms with van der Waals surface area (Å²) in [5, 5.41) is 1.84. The highest BCUT2D eigenvalue weighted by molar-refractivity contribution is 7.19. The van der Waals surface area contributed by atoms with Gasteiger partial charge >= 0.3 is 5.97 Å². The number of cyclic esters (lactones) is 1. The third kappa shape index (κ3) is 3.16. The number of aromatic nitrogens is 1. The van der Waals surface area contributed by atoms with Crippen LogP contribution < -0.4 is 0 Å². The Balaban J connectivity index is 1.84. The molecule has 1 atom stereocenters. The van der Waals surface area contributed by atoms with E-state index >= 15 is 0 Å². The minimum Gasteiger partial charge on any atom is -0.431 e. The molecule has 5 rings (SSSR count). The van der Waals surface area contributed by atoms with Gasteiger partial charge in [-0.15, -0.1) is 11.3 Å². The van der Waals surface area contributed by atoms with Crippen molar-refractivity contribution >= 4 is 39.1 Å². The summed E-state index contributed by atoms with van der Waals surface area (Å²) in [5.41, 5.74) is 5.04. The molecule has 0 amide bonds. The number of hydrogen-bond acceptors (Lipinski definition) is 5. The van der Waals surface area contributed by atoms with Gasteiger partial charge in [-0.05, 0) is 55.9 Å². The van der Waals surface area contributed by atoms with Crippen molar-refractivity contribution in [2.45, 2.75) is 58.3 Å². The number of halogens is 1. The normalized spacial score (nSPS) is 20.7. The van der Waals surface area contributed by atoms with Crippen LogP contribution >= 0.6 is 22.9 Å². The van der Waals surface area contributed by atoms with Gasteiger partial charge in [0.25, 0.3) is 0 Å². The first-order valence-electron chi connectivity index (χ1n) is 9.95. The zero-order chi connectivity index (χ0) is 20.3. The van der Waals surface area contributed by atoms with Crippen molar-refractivity contribution in [3.8, 4) is 11.1 Å². The Hall–Kier alpha value is -1.95. The van der Waals surface area contributed by atoms with Crippen molar-refractivity contribution in [3.63, 3.8) is 0 Å². The van der Waals surface area contributed by atoms with E-state index in [-0.39, 0.29) is 5.97 Å².